The molecule has 3 heterocycles. The molecular formula is C24H22N4O2S2. The van der Waals surface area contributed by atoms with Crippen molar-refractivity contribution in [3.63, 3.8) is 0 Å². The zero-order chi connectivity index (χ0) is 22.1. The number of thiophene rings is 1. The van der Waals surface area contributed by atoms with Crippen molar-refractivity contribution in [2.24, 2.45) is 0 Å². The standard InChI is InChI=1S/C24H22N4O2S2/c1-27-13-12-18-19(14-27)32-22-21(18)23(30)28(17-10-6-3-7-11-17)24(26-22)31-15-20(29)25-16-8-4-2-5-9-16/h2-11H,12-15H2,1H3,(H,25,29). The number of amides is 1. The van der Waals surface area contributed by atoms with E-state index in [2.05, 4.69) is 17.3 Å². The van der Waals surface area contributed by atoms with Crippen LogP contribution in [0, 0.1) is 0 Å². The Morgan fingerprint density at radius 1 is 1.12 bits per heavy atom. The molecule has 1 N–H and O–H groups in total. The molecule has 0 atom stereocenters. The van der Waals surface area contributed by atoms with Gasteiger partial charge >= 0.3 is 0 Å². The third-order valence-electron chi connectivity index (χ3n) is 5.44. The van der Waals surface area contributed by atoms with Gasteiger partial charge in [0, 0.05) is 23.7 Å². The van der Waals surface area contributed by atoms with E-state index in [0.29, 0.717) is 5.16 Å². The number of thioether (sulfide) groups is 1. The molecule has 2 aromatic heterocycles. The zero-order valence-corrected chi connectivity index (χ0v) is 19.2. The number of nitrogens with one attached hydrogen (secondary N) is 1. The lowest BCUT2D eigenvalue weighted by Crippen LogP contribution is -2.27. The number of anilines is 1. The fraction of sp³-hybridized carbons (Fsp3) is 0.208. The van der Waals surface area contributed by atoms with Crippen LogP contribution in [-0.2, 0) is 17.8 Å². The Bertz CT molecular complexity index is 1330. The third-order valence-corrected chi connectivity index (χ3v) is 7.49. The Balaban J connectivity index is 1.53. The highest BCUT2D eigenvalue weighted by Crippen LogP contribution is 2.34. The molecule has 0 spiro atoms. The second-order valence-electron chi connectivity index (χ2n) is 7.75. The van der Waals surface area contributed by atoms with Gasteiger partial charge in [0.2, 0.25) is 5.91 Å². The molecule has 32 heavy (non-hydrogen) atoms. The van der Waals surface area contributed by atoms with Crippen molar-refractivity contribution in [2.45, 2.75) is 18.1 Å². The highest BCUT2D eigenvalue weighted by Gasteiger charge is 2.24. The van der Waals surface area contributed by atoms with E-state index in [0.717, 1.165) is 46.7 Å². The van der Waals surface area contributed by atoms with Crippen molar-refractivity contribution in [3.8, 4) is 5.69 Å². The van der Waals surface area contributed by atoms with Gasteiger partial charge < -0.3 is 10.2 Å². The predicted octanol–water partition coefficient (Wildman–Crippen LogP) is 4.17. The number of benzene rings is 2. The Morgan fingerprint density at radius 2 is 1.84 bits per heavy atom. The number of nitrogens with zero attached hydrogens (tertiary/aromatic N) is 3. The number of hydrogen-bond donors (Lipinski definition) is 1. The first kappa shape index (κ1) is 20.9. The molecule has 1 aliphatic rings. The second kappa shape index (κ2) is 8.90. The van der Waals surface area contributed by atoms with Gasteiger partial charge in [-0.05, 0) is 43.3 Å². The van der Waals surface area contributed by atoms with Crippen molar-refractivity contribution in [1.29, 1.82) is 0 Å². The van der Waals surface area contributed by atoms with E-state index in [1.54, 1.807) is 15.9 Å². The minimum absolute atomic E-state index is 0.0609. The quantitative estimate of drug-likeness (QED) is 0.356. The molecule has 0 unspecified atom stereocenters. The molecular weight excluding hydrogens is 440 g/mol. The van der Waals surface area contributed by atoms with Crippen LogP contribution in [0.3, 0.4) is 0 Å². The number of likely N-dealkylation sites (N-methyl/N-ethyl adjacent to an activating group) is 1. The molecule has 0 saturated carbocycles. The number of fused-ring (bicyclic) bond motifs is 3. The molecule has 162 valence electrons. The van der Waals surface area contributed by atoms with Gasteiger partial charge in [-0.15, -0.1) is 11.3 Å². The second-order valence-corrected chi connectivity index (χ2v) is 9.77. The largest absolute Gasteiger partial charge is 0.325 e. The zero-order valence-electron chi connectivity index (χ0n) is 17.6. The van der Waals surface area contributed by atoms with Gasteiger partial charge in [0.05, 0.1) is 16.8 Å². The van der Waals surface area contributed by atoms with Crippen LogP contribution in [0.1, 0.15) is 10.4 Å². The van der Waals surface area contributed by atoms with Gasteiger partial charge in [-0.2, -0.15) is 0 Å². The molecule has 0 bridgehead atoms. The summed E-state index contributed by atoms with van der Waals surface area (Å²) in [6.07, 6.45) is 0.851. The highest BCUT2D eigenvalue weighted by molar-refractivity contribution is 7.99. The van der Waals surface area contributed by atoms with E-state index in [9.17, 15) is 9.59 Å². The molecule has 0 aliphatic carbocycles. The minimum Gasteiger partial charge on any atom is -0.325 e. The molecule has 0 fully saturated rings. The van der Waals surface area contributed by atoms with Crippen LogP contribution in [0.25, 0.3) is 15.9 Å². The lowest BCUT2D eigenvalue weighted by atomic mass is 10.1. The van der Waals surface area contributed by atoms with Crippen molar-refractivity contribution in [3.05, 3.63) is 81.5 Å². The summed E-state index contributed by atoms with van der Waals surface area (Å²) in [4.78, 5) is 35.3. The molecule has 5 rings (SSSR count). The van der Waals surface area contributed by atoms with Crippen LogP contribution in [0.2, 0.25) is 0 Å². The Labute approximate surface area is 193 Å². The maximum absolute atomic E-state index is 13.7. The molecule has 1 aliphatic heterocycles. The average molecular weight is 463 g/mol. The van der Waals surface area contributed by atoms with Gasteiger partial charge in [0.1, 0.15) is 4.83 Å². The molecule has 8 heteroatoms. The van der Waals surface area contributed by atoms with Gasteiger partial charge in [0.25, 0.3) is 5.56 Å². The maximum Gasteiger partial charge on any atom is 0.267 e. The highest BCUT2D eigenvalue weighted by atomic mass is 32.2. The molecule has 1 amide bonds. The van der Waals surface area contributed by atoms with E-state index >= 15 is 0 Å². The lowest BCUT2D eigenvalue weighted by Gasteiger charge is -2.21. The van der Waals surface area contributed by atoms with Crippen LogP contribution in [0.5, 0.6) is 0 Å². The fourth-order valence-corrected chi connectivity index (χ4v) is 6.06. The average Bonchev–Trinajstić information content (AvgIpc) is 3.16. The van der Waals surface area contributed by atoms with Crippen LogP contribution in [-0.4, -0.2) is 39.7 Å². The van der Waals surface area contributed by atoms with Crippen molar-refractivity contribution < 1.29 is 4.79 Å². The Kier molecular flexibility index (Phi) is 5.82. The van der Waals surface area contributed by atoms with Crippen LogP contribution < -0.4 is 10.9 Å². The van der Waals surface area contributed by atoms with E-state index in [1.165, 1.54) is 16.6 Å². The first-order valence-electron chi connectivity index (χ1n) is 10.4. The first-order chi connectivity index (χ1) is 15.6. The number of carbonyl (C=O) groups is 1. The molecule has 4 aromatic rings. The smallest absolute Gasteiger partial charge is 0.267 e. The maximum atomic E-state index is 13.7. The summed E-state index contributed by atoms with van der Waals surface area (Å²) in [5.74, 6) is 0.0234. The number of para-hydroxylation sites is 2. The normalized spacial score (nSPS) is 13.8. The summed E-state index contributed by atoms with van der Waals surface area (Å²) in [6, 6.07) is 18.9. The summed E-state index contributed by atoms with van der Waals surface area (Å²) < 4.78 is 1.65. The summed E-state index contributed by atoms with van der Waals surface area (Å²) in [6.45, 7) is 1.77. The van der Waals surface area contributed by atoms with Crippen molar-refractivity contribution >= 4 is 44.9 Å². The monoisotopic (exact) mass is 462 g/mol. The van der Waals surface area contributed by atoms with Gasteiger partial charge in [-0.25, -0.2) is 4.98 Å². The molecule has 6 nitrogen and oxygen atoms in total. The molecule has 0 saturated heterocycles. The topological polar surface area (TPSA) is 67.2 Å². The summed E-state index contributed by atoms with van der Waals surface area (Å²) >= 11 is 2.87. The van der Waals surface area contributed by atoms with Gasteiger partial charge in [-0.1, -0.05) is 48.2 Å². The summed E-state index contributed by atoms with van der Waals surface area (Å²) in [5, 5.41) is 4.14. The van der Waals surface area contributed by atoms with Crippen LogP contribution in [0.15, 0.2) is 70.6 Å². The molecule has 0 radical (unpaired) electrons. The Hall–Kier alpha value is -2.94. The number of aromatic nitrogens is 2. The Morgan fingerprint density at radius 3 is 2.59 bits per heavy atom. The summed E-state index contributed by atoms with van der Waals surface area (Å²) in [7, 11) is 2.09. The predicted molar refractivity (Wildman–Crippen MR) is 131 cm³/mol. The SMILES string of the molecule is CN1CCc2c(sc3nc(SCC(=O)Nc4ccccc4)n(-c4ccccc4)c(=O)c23)C1. The van der Waals surface area contributed by atoms with Gasteiger partial charge in [0.15, 0.2) is 5.16 Å². The first-order valence-corrected chi connectivity index (χ1v) is 12.2. The van der Waals surface area contributed by atoms with E-state index in [4.69, 9.17) is 4.98 Å². The van der Waals surface area contributed by atoms with E-state index in [1.807, 2.05) is 60.7 Å². The van der Waals surface area contributed by atoms with Gasteiger partial charge in [-0.3, -0.25) is 14.2 Å². The number of rotatable bonds is 5. The van der Waals surface area contributed by atoms with Crippen molar-refractivity contribution in [2.75, 3.05) is 24.7 Å². The van der Waals surface area contributed by atoms with E-state index in [-0.39, 0.29) is 17.2 Å². The summed E-state index contributed by atoms with van der Waals surface area (Å²) in [5.41, 5.74) is 2.57. The van der Waals surface area contributed by atoms with Crippen molar-refractivity contribution in [1.82, 2.24) is 14.5 Å². The third kappa shape index (κ3) is 4.09. The van der Waals surface area contributed by atoms with Crippen LogP contribution in [0.4, 0.5) is 5.69 Å². The van der Waals surface area contributed by atoms with Crippen LogP contribution >= 0.6 is 23.1 Å². The molecule has 2 aromatic carbocycles. The minimum atomic E-state index is -0.137. The number of hydrogen-bond acceptors (Lipinski definition) is 6. The van der Waals surface area contributed by atoms with E-state index < -0.39 is 0 Å². The number of carbonyl (C=O) groups excluding carboxylic acids is 1. The lowest BCUT2D eigenvalue weighted by molar-refractivity contribution is -0.113. The fourth-order valence-electron chi connectivity index (χ4n) is 3.90.